The van der Waals surface area contributed by atoms with Crippen molar-refractivity contribution in [2.24, 2.45) is 11.8 Å². The number of carbonyl (C=O) groups excluding carboxylic acids is 3. The van der Waals surface area contributed by atoms with Crippen LogP contribution in [-0.2, 0) is 14.4 Å². The lowest BCUT2D eigenvalue weighted by molar-refractivity contribution is -0.137. The number of Topliss-reactive ketones (excluding diaryl/α,β-unsaturated/α-hetero) is 1. The van der Waals surface area contributed by atoms with E-state index in [9.17, 15) is 24.3 Å². The molecule has 12 heteroatoms. The molecule has 1 aliphatic heterocycles. The lowest BCUT2D eigenvalue weighted by Gasteiger charge is -2.30. The van der Waals surface area contributed by atoms with Gasteiger partial charge in [0.05, 0.1) is 24.7 Å². The van der Waals surface area contributed by atoms with Gasteiger partial charge in [-0.05, 0) is 57.5 Å². The lowest BCUT2D eigenvalue weighted by atomic mass is 9.84. The quantitative estimate of drug-likeness (QED) is 0.185. The first-order chi connectivity index (χ1) is 18.2. The minimum atomic E-state index is -1.30. The highest BCUT2D eigenvalue weighted by molar-refractivity contribution is 7.11. The summed E-state index contributed by atoms with van der Waals surface area (Å²) in [6.07, 6.45) is 8.19. The van der Waals surface area contributed by atoms with Crippen LogP contribution in [0.1, 0.15) is 74.5 Å². The van der Waals surface area contributed by atoms with Gasteiger partial charge in [-0.3, -0.25) is 24.5 Å². The van der Waals surface area contributed by atoms with Gasteiger partial charge in [0.25, 0.3) is 0 Å². The van der Waals surface area contributed by atoms with Crippen molar-refractivity contribution in [1.29, 1.82) is 0 Å². The van der Waals surface area contributed by atoms with Crippen LogP contribution in [0.25, 0.3) is 0 Å². The first-order valence-corrected chi connectivity index (χ1v) is 14.5. The van der Waals surface area contributed by atoms with E-state index in [0.717, 1.165) is 58.0 Å². The predicted molar refractivity (Wildman–Crippen MR) is 143 cm³/mol. The summed E-state index contributed by atoms with van der Waals surface area (Å²) in [5.41, 5.74) is 0. The number of aliphatic hydroxyl groups is 1. The monoisotopic (exact) mass is 551 g/mol. The number of hydrogen-bond donors (Lipinski definition) is 6. The molecule has 1 saturated carbocycles. The van der Waals surface area contributed by atoms with E-state index in [1.807, 2.05) is 0 Å². The molecule has 1 aromatic rings. The molecule has 1 aromatic heterocycles. The Bertz CT molecular complexity index is 915. The molecule has 0 spiro atoms. The van der Waals surface area contributed by atoms with E-state index in [4.69, 9.17) is 5.11 Å². The molecule has 3 rings (SSSR count). The van der Waals surface area contributed by atoms with Gasteiger partial charge in [0, 0.05) is 11.6 Å². The standard InChI is InChI=1S/C26H41N5O6S/c1-16(32)22(31-24(36)20(29-15-21(33)34)14-17-5-3-2-4-6-17)25(37)30-19(13-18-7-9-27-10-8-18)23(35)26-28-11-12-38-26/h11-12,16-20,22,27,29,32H,2-10,13-15H2,1H3,(H,30,37)(H,31,36)(H,33,34)/t16-,19?,20-,22+/m1/s1. The number of carboxylic acids is 1. The number of hydrogen-bond acceptors (Lipinski definition) is 9. The van der Waals surface area contributed by atoms with Crippen molar-refractivity contribution in [3.63, 3.8) is 0 Å². The number of carbonyl (C=O) groups is 4. The number of nitrogens with one attached hydrogen (secondary N) is 4. The molecular weight excluding hydrogens is 510 g/mol. The number of rotatable bonds is 14. The summed E-state index contributed by atoms with van der Waals surface area (Å²) in [5, 5.41) is 33.0. The molecule has 38 heavy (non-hydrogen) atoms. The van der Waals surface area contributed by atoms with Crippen molar-refractivity contribution in [3.8, 4) is 0 Å². The van der Waals surface area contributed by atoms with Gasteiger partial charge in [-0.15, -0.1) is 11.3 Å². The summed E-state index contributed by atoms with van der Waals surface area (Å²) in [4.78, 5) is 55.1. The molecule has 11 nitrogen and oxygen atoms in total. The number of carboxylic acid groups (broad SMARTS) is 1. The fraction of sp³-hybridized carbons (Fsp3) is 0.731. The highest BCUT2D eigenvalue weighted by Crippen LogP contribution is 2.27. The number of aliphatic hydroxyl groups excluding tert-OH is 1. The molecule has 1 unspecified atom stereocenters. The number of thiazole rings is 1. The molecule has 6 N–H and O–H groups in total. The van der Waals surface area contributed by atoms with Crippen LogP contribution in [0.2, 0.25) is 0 Å². The Kier molecular flexibility index (Phi) is 12.1. The van der Waals surface area contributed by atoms with Crippen LogP contribution >= 0.6 is 11.3 Å². The molecule has 212 valence electrons. The van der Waals surface area contributed by atoms with E-state index in [1.165, 1.54) is 24.5 Å². The normalized spacial score (nSPS) is 20.2. The Morgan fingerprint density at radius 3 is 2.26 bits per heavy atom. The van der Waals surface area contributed by atoms with E-state index in [-0.39, 0.29) is 17.6 Å². The molecule has 1 aliphatic carbocycles. The van der Waals surface area contributed by atoms with Crippen LogP contribution in [-0.4, -0.2) is 82.6 Å². The average molecular weight is 552 g/mol. The lowest BCUT2D eigenvalue weighted by Crippen LogP contribution is -2.59. The summed E-state index contributed by atoms with van der Waals surface area (Å²) < 4.78 is 0. The first kappa shape index (κ1) is 30.1. The van der Waals surface area contributed by atoms with Gasteiger partial charge in [0.15, 0.2) is 5.01 Å². The Labute approximate surface area is 227 Å². The number of aliphatic carboxylic acids is 1. The number of aromatic nitrogens is 1. The maximum Gasteiger partial charge on any atom is 0.317 e. The molecule has 1 saturated heterocycles. The van der Waals surface area contributed by atoms with E-state index in [1.54, 1.807) is 5.38 Å². The largest absolute Gasteiger partial charge is 0.480 e. The molecule has 2 heterocycles. The van der Waals surface area contributed by atoms with Gasteiger partial charge in [0.2, 0.25) is 17.6 Å². The zero-order chi connectivity index (χ0) is 27.5. The zero-order valence-corrected chi connectivity index (χ0v) is 22.8. The summed E-state index contributed by atoms with van der Waals surface area (Å²) >= 11 is 1.20. The fourth-order valence-electron chi connectivity index (χ4n) is 5.35. The van der Waals surface area contributed by atoms with E-state index in [0.29, 0.717) is 17.8 Å². The van der Waals surface area contributed by atoms with Crippen molar-refractivity contribution in [2.45, 2.75) is 88.9 Å². The molecule has 0 aromatic carbocycles. The third-order valence-electron chi connectivity index (χ3n) is 7.48. The first-order valence-electron chi connectivity index (χ1n) is 13.6. The third kappa shape index (κ3) is 9.40. The molecular formula is C26H41N5O6S. The summed E-state index contributed by atoms with van der Waals surface area (Å²) in [6.45, 7) is 2.69. The molecule has 2 fully saturated rings. The summed E-state index contributed by atoms with van der Waals surface area (Å²) in [5.74, 6) is -2.06. The van der Waals surface area contributed by atoms with Gasteiger partial charge in [-0.1, -0.05) is 32.1 Å². The number of ketones is 1. The van der Waals surface area contributed by atoms with Gasteiger partial charge >= 0.3 is 5.97 Å². The number of nitrogens with zero attached hydrogens (tertiary/aromatic N) is 1. The predicted octanol–water partition coefficient (Wildman–Crippen LogP) is 1.08. The zero-order valence-electron chi connectivity index (χ0n) is 22.0. The minimum Gasteiger partial charge on any atom is -0.480 e. The van der Waals surface area contributed by atoms with Gasteiger partial charge in [-0.2, -0.15) is 0 Å². The van der Waals surface area contributed by atoms with Crippen LogP contribution in [0, 0.1) is 11.8 Å². The Morgan fingerprint density at radius 2 is 1.66 bits per heavy atom. The Morgan fingerprint density at radius 1 is 1.00 bits per heavy atom. The second-order valence-corrected chi connectivity index (χ2v) is 11.4. The number of piperidine rings is 1. The van der Waals surface area contributed by atoms with E-state index >= 15 is 0 Å². The summed E-state index contributed by atoms with van der Waals surface area (Å²) in [6, 6.07) is -2.95. The fourth-order valence-corrected chi connectivity index (χ4v) is 5.98. The van der Waals surface area contributed by atoms with Crippen LogP contribution in [0.15, 0.2) is 11.6 Å². The van der Waals surface area contributed by atoms with Crippen LogP contribution in [0.5, 0.6) is 0 Å². The average Bonchev–Trinajstić information content (AvgIpc) is 3.44. The smallest absolute Gasteiger partial charge is 0.317 e. The van der Waals surface area contributed by atoms with Crippen LogP contribution < -0.4 is 21.3 Å². The van der Waals surface area contributed by atoms with Crippen molar-refractivity contribution in [2.75, 3.05) is 19.6 Å². The van der Waals surface area contributed by atoms with Gasteiger partial charge in [0.1, 0.15) is 6.04 Å². The molecule has 2 aliphatic rings. The van der Waals surface area contributed by atoms with Crippen molar-refractivity contribution in [3.05, 3.63) is 16.6 Å². The van der Waals surface area contributed by atoms with Crippen LogP contribution in [0.4, 0.5) is 0 Å². The number of amides is 2. The van der Waals surface area contributed by atoms with Gasteiger partial charge in [-0.25, -0.2) is 4.98 Å². The minimum absolute atomic E-state index is 0.241. The molecule has 0 bridgehead atoms. The second kappa shape index (κ2) is 15.2. The maximum absolute atomic E-state index is 13.3. The third-order valence-corrected chi connectivity index (χ3v) is 8.26. The topological polar surface area (TPSA) is 170 Å². The maximum atomic E-state index is 13.3. The highest BCUT2D eigenvalue weighted by atomic mass is 32.1. The van der Waals surface area contributed by atoms with Crippen LogP contribution in [0.3, 0.4) is 0 Å². The van der Waals surface area contributed by atoms with Crippen molar-refractivity contribution < 1.29 is 29.4 Å². The SMILES string of the molecule is C[C@@H](O)[C@H](NC(=O)[C@@H](CC1CCCCC1)NCC(=O)O)C(=O)NC(CC1CCNCC1)C(=O)c1nccs1. The highest BCUT2D eigenvalue weighted by Gasteiger charge is 2.34. The van der Waals surface area contributed by atoms with Crippen molar-refractivity contribution >= 4 is 34.9 Å². The Hall–Kier alpha value is -2.41. The van der Waals surface area contributed by atoms with Crippen molar-refractivity contribution in [1.82, 2.24) is 26.3 Å². The second-order valence-electron chi connectivity index (χ2n) is 10.5. The Balaban J connectivity index is 1.70. The summed E-state index contributed by atoms with van der Waals surface area (Å²) in [7, 11) is 0. The molecule has 4 atom stereocenters. The van der Waals surface area contributed by atoms with E-state index in [2.05, 4.69) is 26.3 Å². The molecule has 0 radical (unpaired) electrons. The van der Waals surface area contributed by atoms with E-state index < -0.39 is 48.6 Å². The molecule has 2 amide bonds. The van der Waals surface area contributed by atoms with Gasteiger partial charge < -0.3 is 26.2 Å².